The van der Waals surface area contributed by atoms with Crippen molar-refractivity contribution in [2.45, 2.75) is 330 Å². The van der Waals surface area contributed by atoms with Gasteiger partial charge >= 0.3 is 5.97 Å². The van der Waals surface area contributed by atoms with Gasteiger partial charge in [-0.1, -0.05) is 334 Å². The first kappa shape index (κ1) is 99.2. The average molecular weight is 1800 g/mol. The number of H-pyrrole nitrogens is 2. The van der Waals surface area contributed by atoms with Gasteiger partial charge in [0.25, 0.3) is 23.6 Å². The molecule has 0 atom stereocenters. The van der Waals surface area contributed by atoms with E-state index in [9.17, 15) is 19.5 Å². The molecular formula is C117H146N6O10. The van der Waals surface area contributed by atoms with Gasteiger partial charge in [0.05, 0.1) is 82.7 Å². The summed E-state index contributed by atoms with van der Waals surface area (Å²) in [5.41, 5.74) is 12.5. The number of anilines is 1. The lowest BCUT2D eigenvalue weighted by atomic mass is 9.85. The number of amides is 4. The lowest BCUT2D eigenvalue weighted by molar-refractivity contribution is 0.0604. The SMILES string of the molecule is CCCCCCCCCCCCOc1cccc(OCCCCCCCCCCCC)c1-c1c2nc(c(-c3ccc(C(=O)O)cc3)c3ccc([nH]3)c(-c3c(OCCCCCCCCCCCC)cccc3OCCCCCCCCCCCC)c3nc(c(C#Cc4ccc(N5C(=O)c6ccc7c8c(ccc(c68)C5=O)C(=O)N(CCCCCCCC)C7=O)cc4)c4ccc1[nH]4)C=C3)C=C2. The van der Waals surface area contributed by atoms with Crippen molar-refractivity contribution in [2.75, 3.05) is 37.9 Å². The molecule has 0 saturated carbocycles. The van der Waals surface area contributed by atoms with Crippen LogP contribution in [0, 0.1) is 11.8 Å². The maximum atomic E-state index is 15.0. The van der Waals surface area contributed by atoms with E-state index in [1.165, 1.54) is 190 Å². The molecule has 9 aromatic rings. The minimum Gasteiger partial charge on any atom is -0.493 e. The third-order valence-corrected chi connectivity index (χ3v) is 26.8. The number of carbonyl (C=O) groups is 5. The van der Waals surface area contributed by atoms with Gasteiger partial charge < -0.3 is 34.0 Å². The highest BCUT2D eigenvalue weighted by atomic mass is 16.5. The fourth-order valence-corrected chi connectivity index (χ4v) is 19.3. The van der Waals surface area contributed by atoms with Crippen molar-refractivity contribution in [1.29, 1.82) is 0 Å². The second kappa shape index (κ2) is 53.0. The highest BCUT2D eigenvalue weighted by Crippen LogP contribution is 2.48. The number of carbonyl (C=O) groups excluding carboxylic acids is 4. The molecule has 0 aliphatic carbocycles. The Bertz CT molecular complexity index is 5400. The maximum Gasteiger partial charge on any atom is 0.335 e. The number of nitrogens with zero attached hydrogens (tertiary/aromatic N) is 4. The molecule has 0 unspecified atom stereocenters. The number of aromatic carboxylic acids is 1. The van der Waals surface area contributed by atoms with Crippen molar-refractivity contribution in [3.05, 3.63) is 195 Å². The minimum absolute atomic E-state index is 0.162. The molecule has 13 rings (SSSR count). The van der Waals surface area contributed by atoms with E-state index in [0.717, 1.165) is 154 Å². The van der Waals surface area contributed by atoms with E-state index in [2.05, 4.69) is 86.8 Å². The van der Waals surface area contributed by atoms with Crippen LogP contribution in [-0.4, -0.2) is 92.5 Å². The number of aromatic amines is 2. The molecule has 0 fully saturated rings. The van der Waals surface area contributed by atoms with E-state index in [0.29, 0.717) is 135 Å². The first-order valence-electron chi connectivity index (χ1n) is 51.7. The van der Waals surface area contributed by atoms with Crippen molar-refractivity contribution in [3.63, 3.8) is 0 Å². The predicted octanol–water partition coefficient (Wildman–Crippen LogP) is 31.9. The van der Waals surface area contributed by atoms with Crippen molar-refractivity contribution in [2.24, 2.45) is 0 Å². The number of carboxylic acids is 1. The number of benzene rings is 6. The monoisotopic (exact) mass is 1800 g/mol. The molecule has 16 nitrogen and oxygen atoms in total. The van der Waals surface area contributed by atoms with Gasteiger partial charge in [0.2, 0.25) is 0 Å². The molecular weight excluding hydrogens is 1650 g/mol. The van der Waals surface area contributed by atoms with Crippen molar-refractivity contribution in [1.82, 2.24) is 24.8 Å². The minimum atomic E-state index is -1.02. The second-order valence-electron chi connectivity index (χ2n) is 37.1. The molecule has 8 bridgehead atoms. The van der Waals surface area contributed by atoms with Crippen LogP contribution < -0.4 is 23.8 Å². The van der Waals surface area contributed by atoms with Gasteiger partial charge in [-0.05, 0) is 171 Å². The number of hydrogen-bond donors (Lipinski definition) is 3. The van der Waals surface area contributed by atoms with E-state index < -0.39 is 29.6 Å². The van der Waals surface area contributed by atoms with Gasteiger partial charge in [-0.2, -0.15) is 0 Å². The first-order valence-corrected chi connectivity index (χ1v) is 51.7. The fourth-order valence-electron chi connectivity index (χ4n) is 19.3. The molecule has 0 spiro atoms. The smallest absolute Gasteiger partial charge is 0.335 e. The number of hydrogen-bond acceptors (Lipinski definition) is 11. The molecule has 6 aromatic carbocycles. The van der Waals surface area contributed by atoms with Crippen LogP contribution in [0.3, 0.4) is 0 Å². The standard InChI is InChI=1S/C117H146N6O10/c1-6-11-16-21-26-30-34-38-43-48-81-130-102-54-52-55-103(131-82-49-44-39-35-31-27-22-17-12-7-2)111(102)109-98-74-72-94(118-98)89(67-60-85-58-65-88(66-59-85)123-115(126)92-70-68-90-107-91(69-71-93(108(92)107)116(123)127)114(125)122(113(90)124)80-47-42-25-20-15-10-5)95-73-75-99(119-95)110(101-79-77-97(121-101)106(96-76-78-100(109)120-96)86-61-63-87(64-62-86)117(128)129)112-104(132-83-50-45-40-36-32-28-23-18-13-8-3)56-53-57-105(112)133-84-51-46-41-37-33-29-24-19-14-9-4/h52-59,61-66,68-79,118,121H,6-51,80-84H2,1-5H3,(H,128,129). The lowest BCUT2D eigenvalue weighted by Crippen LogP contribution is -2.43. The van der Waals surface area contributed by atoms with Crippen LogP contribution in [0.25, 0.3) is 90.5 Å². The topological polar surface area (TPSA) is 206 Å². The Labute approximate surface area is 791 Å². The summed E-state index contributed by atoms with van der Waals surface area (Å²) in [6, 6.07) is 41.2. The summed E-state index contributed by atoms with van der Waals surface area (Å²) in [4.78, 5) is 93.1. The zero-order chi connectivity index (χ0) is 92.7. The third-order valence-electron chi connectivity index (χ3n) is 26.8. The molecule has 4 aliphatic rings. The van der Waals surface area contributed by atoms with Gasteiger partial charge in [0, 0.05) is 78.4 Å². The molecule has 3 N–H and O–H groups in total. The Kier molecular flexibility index (Phi) is 39.5. The first-order chi connectivity index (χ1) is 65.4. The van der Waals surface area contributed by atoms with Crippen LogP contribution in [0.1, 0.15) is 416 Å². The number of ether oxygens (including phenoxy) is 4. The lowest BCUT2D eigenvalue weighted by Gasteiger charge is -2.32. The second-order valence-corrected chi connectivity index (χ2v) is 37.1. The van der Waals surface area contributed by atoms with E-state index in [-0.39, 0.29) is 16.7 Å². The van der Waals surface area contributed by atoms with Crippen molar-refractivity contribution >= 4 is 92.4 Å². The average Bonchev–Trinajstić information content (AvgIpc) is 1.38. The van der Waals surface area contributed by atoms with Crippen molar-refractivity contribution in [3.8, 4) is 68.2 Å². The summed E-state index contributed by atoms with van der Waals surface area (Å²) in [5.74, 6) is 6.86. The highest BCUT2D eigenvalue weighted by molar-refractivity contribution is 6.39. The number of aromatic nitrogens is 4. The molecule has 16 heteroatoms. The molecule has 133 heavy (non-hydrogen) atoms. The predicted molar refractivity (Wildman–Crippen MR) is 548 cm³/mol. The molecule has 4 aliphatic heterocycles. The van der Waals surface area contributed by atoms with E-state index >= 15 is 9.59 Å². The van der Waals surface area contributed by atoms with Crippen LogP contribution in [0.4, 0.5) is 5.69 Å². The largest absolute Gasteiger partial charge is 0.493 e. The summed E-state index contributed by atoms with van der Waals surface area (Å²) in [7, 11) is 0. The maximum absolute atomic E-state index is 15.0. The molecule has 4 amide bonds. The summed E-state index contributed by atoms with van der Waals surface area (Å²) in [5, 5.41) is 11.1. The van der Waals surface area contributed by atoms with Crippen molar-refractivity contribution < 1.29 is 48.0 Å². The zero-order valence-electron chi connectivity index (χ0n) is 80.5. The summed E-state index contributed by atoms with van der Waals surface area (Å²) >= 11 is 0. The summed E-state index contributed by atoms with van der Waals surface area (Å²) < 4.78 is 28.4. The van der Waals surface area contributed by atoms with Gasteiger partial charge in [-0.25, -0.2) is 19.7 Å². The van der Waals surface area contributed by atoms with Crippen LogP contribution in [-0.2, 0) is 0 Å². The molecule has 7 heterocycles. The molecule has 0 saturated heterocycles. The normalized spacial score (nSPS) is 12.7. The van der Waals surface area contributed by atoms with Gasteiger partial charge in [-0.3, -0.25) is 24.1 Å². The molecule has 704 valence electrons. The number of fused-ring (bicyclic) bond motifs is 8. The highest BCUT2D eigenvalue weighted by Gasteiger charge is 2.41. The van der Waals surface area contributed by atoms with E-state index in [1.807, 2.05) is 78.9 Å². The quantitative estimate of drug-likeness (QED) is 0.0185. The van der Waals surface area contributed by atoms with Crippen LogP contribution >= 0.6 is 0 Å². The van der Waals surface area contributed by atoms with E-state index in [1.54, 1.807) is 48.5 Å². The zero-order valence-corrected chi connectivity index (χ0v) is 80.5. The number of unbranched alkanes of at least 4 members (excludes halogenated alkanes) is 41. The van der Waals surface area contributed by atoms with Gasteiger partial charge in [0.15, 0.2) is 0 Å². The Morgan fingerprint density at radius 3 is 0.992 bits per heavy atom. The number of imide groups is 2. The van der Waals surface area contributed by atoms with E-state index in [4.69, 9.17) is 28.9 Å². The van der Waals surface area contributed by atoms with Crippen LogP contribution in [0.5, 0.6) is 23.0 Å². The fraction of sp³-hybridized carbons (Fsp3) is 0.479. The Balaban J connectivity index is 0.946. The Morgan fingerprint density at radius 1 is 0.316 bits per heavy atom. The number of nitrogens with one attached hydrogen (secondary N) is 2. The third kappa shape index (κ3) is 26.8. The van der Waals surface area contributed by atoms with Crippen LogP contribution in [0.15, 0.2) is 133 Å². The van der Waals surface area contributed by atoms with Gasteiger partial charge in [0.1, 0.15) is 23.0 Å². The number of carboxylic acid groups (broad SMARTS) is 1. The van der Waals surface area contributed by atoms with Gasteiger partial charge in [-0.15, -0.1) is 0 Å². The summed E-state index contributed by atoms with van der Waals surface area (Å²) in [6.45, 7) is 13.5. The number of rotatable bonds is 60. The Morgan fingerprint density at radius 2 is 0.624 bits per heavy atom. The van der Waals surface area contributed by atoms with Crippen LogP contribution in [0.2, 0.25) is 0 Å². The molecule has 3 aromatic heterocycles. The Hall–Kier alpha value is -11.3. The summed E-state index contributed by atoms with van der Waals surface area (Å²) in [6.07, 6.45) is 61.9. The molecule has 0 radical (unpaired) electrons.